The van der Waals surface area contributed by atoms with Crippen LogP contribution in [0.5, 0.6) is 0 Å². The van der Waals surface area contributed by atoms with Crippen LogP contribution in [0.4, 0.5) is 0 Å². The van der Waals surface area contributed by atoms with Gasteiger partial charge in [-0.2, -0.15) is 0 Å². The van der Waals surface area contributed by atoms with E-state index in [1.165, 1.54) is 6.42 Å². The van der Waals surface area contributed by atoms with Gasteiger partial charge in [-0.15, -0.1) is 0 Å². The van der Waals surface area contributed by atoms with Gasteiger partial charge in [-0.05, 0) is 25.7 Å². The van der Waals surface area contributed by atoms with E-state index in [2.05, 4.69) is 0 Å². The second-order valence-electron chi connectivity index (χ2n) is 3.35. The van der Waals surface area contributed by atoms with Crippen LogP contribution < -0.4 is 5.73 Å². The summed E-state index contributed by atoms with van der Waals surface area (Å²) >= 11 is 0. The van der Waals surface area contributed by atoms with Crippen molar-refractivity contribution in [3.05, 3.63) is 0 Å². The maximum Gasteiger partial charge on any atom is 0.0726 e. The molecule has 0 aromatic carbocycles. The molecule has 1 heterocycles. The molecule has 0 aliphatic carbocycles. The van der Waals surface area contributed by atoms with Crippen LogP contribution in [0.2, 0.25) is 0 Å². The summed E-state index contributed by atoms with van der Waals surface area (Å²) in [4.78, 5) is 0. The van der Waals surface area contributed by atoms with E-state index in [1.54, 1.807) is 7.11 Å². The molecule has 0 spiro atoms. The fourth-order valence-corrected chi connectivity index (χ4v) is 1.59. The fraction of sp³-hybridized carbons (Fsp3) is 1.00. The summed E-state index contributed by atoms with van der Waals surface area (Å²) in [5.41, 5.74) is 5.94. The molecule has 2 unspecified atom stereocenters. The maximum atomic E-state index is 5.94. The SMILES string of the molecule is COCCCC(N)C1CCCO1. The second-order valence-corrected chi connectivity index (χ2v) is 3.35. The Kier molecular flexibility index (Phi) is 4.58. The summed E-state index contributed by atoms with van der Waals surface area (Å²) in [7, 11) is 1.72. The highest BCUT2D eigenvalue weighted by molar-refractivity contribution is 4.76. The zero-order valence-corrected chi connectivity index (χ0v) is 7.79. The van der Waals surface area contributed by atoms with Crippen molar-refractivity contribution in [3.8, 4) is 0 Å². The van der Waals surface area contributed by atoms with E-state index in [0.717, 1.165) is 32.5 Å². The number of nitrogens with two attached hydrogens (primary N) is 1. The summed E-state index contributed by atoms with van der Waals surface area (Å²) in [6.07, 6.45) is 4.66. The van der Waals surface area contributed by atoms with Crippen molar-refractivity contribution in [2.75, 3.05) is 20.3 Å². The standard InChI is InChI=1S/C9H19NO2/c1-11-6-2-4-8(10)9-5-3-7-12-9/h8-9H,2-7,10H2,1H3. The first kappa shape index (κ1) is 9.96. The van der Waals surface area contributed by atoms with Gasteiger partial charge >= 0.3 is 0 Å². The number of hydrogen-bond acceptors (Lipinski definition) is 3. The van der Waals surface area contributed by atoms with Crippen molar-refractivity contribution in [3.63, 3.8) is 0 Å². The van der Waals surface area contributed by atoms with E-state index in [0.29, 0.717) is 6.10 Å². The van der Waals surface area contributed by atoms with E-state index in [1.807, 2.05) is 0 Å². The Morgan fingerprint density at radius 2 is 2.50 bits per heavy atom. The Bertz CT molecular complexity index is 113. The Morgan fingerprint density at radius 3 is 3.08 bits per heavy atom. The molecule has 0 aromatic rings. The summed E-state index contributed by atoms with van der Waals surface area (Å²) in [6.45, 7) is 1.70. The van der Waals surface area contributed by atoms with Gasteiger partial charge in [0.2, 0.25) is 0 Å². The Labute approximate surface area is 74.2 Å². The molecule has 1 fully saturated rings. The summed E-state index contributed by atoms with van der Waals surface area (Å²) in [5.74, 6) is 0. The topological polar surface area (TPSA) is 44.5 Å². The van der Waals surface area contributed by atoms with Gasteiger partial charge in [-0.3, -0.25) is 0 Å². The largest absolute Gasteiger partial charge is 0.385 e. The number of methoxy groups -OCH3 is 1. The molecule has 12 heavy (non-hydrogen) atoms. The zero-order chi connectivity index (χ0) is 8.81. The van der Waals surface area contributed by atoms with Crippen LogP contribution in [-0.2, 0) is 9.47 Å². The number of rotatable bonds is 5. The third-order valence-electron chi connectivity index (χ3n) is 2.33. The van der Waals surface area contributed by atoms with E-state index in [-0.39, 0.29) is 6.04 Å². The van der Waals surface area contributed by atoms with Crippen LogP contribution in [-0.4, -0.2) is 32.5 Å². The first-order valence-corrected chi connectivity index (χ1v) is 4.70. The van der Waals surface area contributed by atoms with Crippen molar-refractivity contribution in [2.45, 2.75) is 37.8 Å². The molecule has 0 saturated carbocycles. The molecule has 1 aliphatic heterocycles. The molecule has 72 valence electrons. The monoisotopic (exact) mass is 173 g/mol. The Morgan fingerprint density at radius 1 is 1.67 bits per heavy atom. The molecule has 3 heteroatoms. The lowest BCUT2D eigenvalue weighted by Crippen LogP contribution is -2.34. The maximum absolute atomic E-state index is 5.94. The van der Waals surface area contributed by atoms with Crippen molar-refractivity contribution in [2.24, 2.45) is 5.73 Å². The van der Waals surface area contributed by atoms with Crippen LogP contribution in [0.15, 0.2) is 0 Å². The smallest absolute Gasteiger partial charge is 0.0726 e. The van der Waals surface area contributed by atoms with Crippen LogP contribution in [0, 0.1) is 0 Å². The van der Waals surface area contributed by atoms with E-state index in [9.17, 15) is 0 Å². The summed E-state index contributed by atoms with van der Waals surface area (Å²) in [5, 5.41) is 0. The Balaban J connectivity index is 2.05. The minimum Gasteiger partial charge on any atom is -0.385 e. The molecular formula is C9H19NO2. The normalized spacial score (nSPS) is 26.0. The van der Waals surface area contributed by atoms with E-state index in [4.69, 9.17) is 15.2 Å². The van der Waals surface area contributed by atoms with Crippen LogP contribution in [0.3, 0.4) is 0 Å². The predicted octanol–water partition coefficient (Wildman–Crippen LogP) is 0.919. The first-order chi connectivity index (χ1) is 5.84. The van der Waals surface area contributed by atoms with Crippen molar-refractivity contribution >= 4 is 0 Å². The highest BCUT2D eigenvalue weighted by Crippen LogP contribution is 2.16. The summed E-state index contributed by atoms with van der Waals surface area (Å²) < 4.78 is 10.4. The van der Waals surface area contributed by atoms with Crippen molar-refractivity contribution < 1.29 is 9.47 Å². The number of hydrogen-bond donors (Lipinski definition) is 1. The molecule has 1 rings (SSSR count). The minimum absolute atomic E-state index is 0.211. The van der Waals surface area contributed by atoms with Crippen LogP contribution in [0.25, 0.3) is 0 Å². The first-order valence-electron chi connectivity index (χ1n) is 4.70. The van der Waals surface area contributed by atoms with Gasteiger partial charge in [-0.1, -0.05) is 0 Å². The van der Waals surface area contributed by atoms with Crippen molar-refractivity contribution in [1.82, 2.24) is 0 Å². The van der Waals surface area contributed by atoms with Gasteiger partial charge in [-0.25, -0.2) is 0 Å². The second kappa shape index (κ2) is 5.51. The fourth-order valence-electron chi connectivity index (χ4n) is 1.59. The van der Waals surface area contributed by atoms with Crippen LogP contribution in [0.1, 0.15) is 25.7 Å². The van der Waals surface area contributed by atoms with E-state index < -0.39 is 0 Å². The molecule has 1 aliphatic rings. The molecule has 0 radical (unpaired) electrons. The van der Waals surface area contributed by atoms with Crippen LogP contribution >= 0.6 is 0 Å². The zero-order valence-electron chi connectivity index (χ0n) is 7.79. The average Bonchev–Trinajstić information content (AvgIpc) is 2.56. The molecule has 3 nitrogen and oxygen atoms in total. The predicted molar refractivity (Wildman–Crippen MR) is 48.1 cm³/mol. The highest BCUT2D eigenvalue weighted by Gasteiger charge is 2.21. The van der Waals surface area contributed by atoms with Gasteiger partial charge in [0.15, 0.2) is 0 Å². The van der Waals surface area contributed by atoms with Gasteiger partial charge < -0.3 is 15.2 Å². The van der Waals surface area contributed by atoms with Crippen molar-refractivity contribution in [1.29, 1.82) is 0 Å². The highest BCUT2D eigenvalue weighted by atomic mass is 16.5. The van der Waals surface area contributed by atoms with Gasteiger partial charge in [0.25, 0.3) is 0 Å². The molecule has 0 amide bonds. The molecule has 0 aromatic heterocycles. The lowest BCUT2D eigenvalue weighted by atomic mass is 10.0. The van der Waals surface area contributed by atoms with Gasteiger partial charge in [0.05, 0.1) is 6.10 Å². The number of ether oxygens (including phenoxy) is 2. The molecule has 2 atom stereocenters. The molecular weight excluding hydrogens is 154 g/mol. The quantitative estimate of drug-likeness (QED) is 0.629. The molecule has 1 saturated heterocycles. The van der Waals surface area contributed by atoms with Gasteiger partial charge in [0.1, 0.15) is 0 Å². The summed E-state index contributed by atoms with van der Waals surface area (Å²) in [6, 6.07) is 0.211. The molecule has 2 N–H and O–H groups in total. The average molecular weight is 173 g/mol. The van der Waals surface area contributed by atoms with E-state index >= 15 is 0 Å². The Hall–Kier alpha value is -0.120. The lowest BCUT2D eigenvalue weighted by molar-refractivity contribution is 0.0836. The van der Waals surface area contributed by atoms with Gasteiger partial charge in [0, 0.05) is 26.4 Å². The molecule has 0 bridgehead atoms. The minimum atomic E-state index is 0.211. The lowest BCUT2D eigenvalue weighted by Gasteiger charge is -2.17. The third kappa shape index (κ3) is 3.09. The third-order valence-corrected chi connectivity index (χ3v) is 2.33.